The molecule has 1 aliphatic carbocycles. The van der Waals surface area contributed by atoms with E-state index in [-0.39, 0.29) is 6.10 Å². The number of hydrogen-bond acceptors (Lipinski definition) is 3. The van der Waals surface area contributed by atoms with Crippen LogP contribution in [0.15, 0.2) is 0 Å². The zero-order valence-corrected chi connectivity index (χ0v) is 9.08. The Hall–Kier alpha value is -0.120. The van der Waals surface area contributed by atoms with Gasteiger partial charge in [0.1, 0.15) is 0 Å². The van der Waals surface area contributed by atoms with Gasteiger partial charge in [-0.1, -0.05) is 12.8 Å². The summed E-state index contributed by atoms with van der Waals surface area (Å²) in [6.07, 6.45) is 4.66. The SMILES string of the molecule is C[C@H](O)CNCC1CCCCC1CO. The Bertz CT molecular complexity index is 150. The summed E-state index contributed by atoms with van der Waals surface area (Å²) in [5, 5.41) is 21.5. The number of hydrogen-bond donors (Lipinski definition) is 3. The van der Waals surface area contributed by atoms with E-state index in [1.54, 1.807) is 6.92 Å². The molecule has 0 aromatic heterocycles. The average Bonchev–Trinajstić information content (AvgIpc) is 2.18. The third-order valence-corrected chi connectivity index (χ3v) is 3.15. The molecule has 14 heavy (non-hydrogen) atoms. The summed E-state index contributed by atoms with van der Waals surface area (Å²) < 4.78 is 0. The standard InChI is InChI=1S/C11H23NO2/c1-9(14)6-12-7-10-4-2-3-5-11(10)8-13/h9-14H,2-8H2,1H3/t9-,10?,11?/m0/s1. The fourth-order valence-electron chi connectivity index (χ4n) is 2.27. The highest BCUT2D eigenvalue weighted by atomic mass is 16.3. The lowest BCUT2D eigenvalue weighted by atomic mass is 9.79. The lowest BCUT2D eigenvalue weighted by molar-refractivity contribution is 0.127. The van der Waals surface area contributed by atoms with Gasteiger partial charge in [0.15, 0.2) is 0 Å². The number of aliphatic hydroxyl groups is 2. The number of nitrogens with one attached hydrogen (secondary N) is 1. The third-order valence-electron chi connectivity index (χ3n) is 3.15. The molecule has 0 radical (unpaired) electrons. The molecular formula is C11H23NO2. The Kier molecular flexibility index (Phi) is 5.45. The smallest absolute Gasteiger partial charge is 0.0636 e. The van der Waals surface area contributed by atoms with Crippen molar-refractivity contribution in [1.29, 1.82) is 0 Å². The van der Waals surface area contributed by atoms with E-state index < -0.39 is 0 Å². The zero-order chi connectivity index (χ0) is 10.4. The Morgan fingerprint density at radius 3 is 2.50 bits per heavy atom. The molecule has 0 heterocycles. The second-order valence-corrected chi connectivity index (χ2v) is 4.49. The van der Waals surface area contributed by atoms with Crippen molar-refractivity contribution in [2.45, 2.75) is 38.7 Å². The molecule has 1 saturated carbocycles. The van der Waals surface area contributed by atoms with Gasteiger partial charge in [-0.2, -0.15) is 0 Å². The summed E-state index contributed by atoms with van der Waals surface area (Å²) in [7, 11) is 0. The van der Waals surface area contributed by atoms with Gasteiger partial charge in [-0.25, -0.2) is 0 Å². The van der Waals surface area contributed by atoms with Crippen LogP contribution in [0.4, 0.5) is 0 Å². The van der Waals surface area contributed by atoms with Crippen molar-refractivity contribution < 1.29 is 10.2 Å². The summed E-state index contributed by atoms with van der Waals surface area (Å²) in [5.41, 5.74) is 0. The van der Waals surface area contributed by atoms with Crippen molar-refractivity contribution in [2.24, 2.45) is 11.8 Å². The molecular weight excluding hydrogens is 178 g/mol. The van der Waals surface area contributed by atoms with Crippen LogP contribution in [-0.2, 0) is 0 Å². The Morgan fingerprint density at radius 1 is 1.29 bits per heavy atom. The van der Waals surface area contributed by atoms with E-state index in [2.05, 4.69) is 5.32 Å². The fourth-order valence-corrected chi connectivity index (χ4v) is 2.27. The molecule has 3 N–H and O–H groups in total. The molecule has 0 aromatic carbocycles. The normalized spacial score (nSPS) is 30.2. The predicted octanol–water partition coefficient (Wildman–Crippen LogP) is 0.755. The van der Waals surface area contributed by atoms with Gasteiger partial charge >= 0.3 is 0 Å². The summed E-state index contributed by atoms with van der Waals surface area (Å²) in [6, 6.07) is 0. The van der Waals surface area contributed by atoms with E-state index in [1.807, 2.05) is 0 Å². The monoisotopic (exact) mass is 201 g/mol. The molecule has 3 atom stereocenters. The van der Waals surface area contributed by atoms with Crippen molar-refractivity contribution in [3.05, 3.63) is 0 Å². The van der Waals surface area contributed by atoms with Crippen LogP contribution in [0.3, 0.4) is 0 Å². The molecule has 0 spiro atoms. The topological polar surface area (TPSA) is 52.5 Å². The second kappa shape index (κ2) is 6.38. The molecule has 1 aliphatic rings. The molecule has 1 fully saturated rings. The largest absolute Gasteiger partial charge is 0.396 e. The van der Waals surface area contributed by atoms with Crippen LogP contribution in [0.5, 0.6) is 0 Å². The van der Waals surface area contributed by atoms with Crippen molar-refractivity contribution in [3.63, 3.8) is 0 Å². The first-order valence-electron chi connectivity index (χ1n) is 5.73. The zero-order valence-electron chi connectivity index (χ0n) is 9.08. The van der Waals surface area contributed by atoms with Crippen LogP contribution in [0.1, 0.15) is 32.6 Å². The van der Waals surface area contributed by atoms with Gasteiger partial charge in [0.25, 0.3) is 0 Å². The van der Waals surface area contributed by atoms with E-state index in [4.69, 9.17) is 5.11 Å². The first-order valence-corrected chi connectivity index (χ1v) is 5.73. The van der Waals surface area contributed by atoms with Gasteiger partial charge in [-0.15, -0.1) is 0 Å². The van der Waals surface area contributed by atoms with Gasteiger partial charge in [-0.05, 0) is 38.1 Å². The summed E-state index contributed by atoms with van der Waals surface area (Å²) in [5.74, 6) is 1.08. The third kappa shape index (κ3) is 3.95. The van der Waals surface area contributed by atoms with Gasteiger partial charge in [0, 0.05) is 13.2 Å². The lowest BCUT2D eigenvalue weighted by Gasteiger charge is -2.30. The highest BCUT2D eigenvalue weighted by Gasteiger charge is 2.23. The molecule has 3 heteroatoms. The van der Waals surface area contributed by atoms with E-state index in [0.29, 0.717) is 25.0 Å². The van der Waals surface area contributed by atoms with Gasteiger partial charge in [0.05, 0.1) is 6.10 Å². The van der Waals surface area contributed by atoms with E-state index >= 15 is 0 Å². The highest BCUT2D eigenvalue weighted by Crippen LogP contribution is 2.28. The van der Waals surface area contributed by atoms with Crippen LogP contribution >= 0.6 is 0 Å². The molecule has 2 unspecified atom stereocenters. The van der Waals surface area contributed by atoms with Crippen LogP contribution in [0.2, 0.25) is 0 Å². The fraction of sp³-hybridized carbons (Fsp3) is 1.00. The van der Waals surface area contributed by atoms with Gasteiger partial charge < -0.3 is 15.5 Å². The quantitative estimate of drug-likeness (QED) is 0.615. The van der Waals surface area contributed by atoms with Crippen molar-refractivity contribution >= 4 is 0 Å². The van der Waals surface area contributed by atoms with Crippen molar-refractivity contribution in [3.8, 4) is 0 Å². The molecule has 3 nitrogen and oxygen atoms in total. The van der Waals surface area contributed by atoms with E-state index in [9.17, 15) is 5.11 Å². The predicted molar refractivity (Wildman–Crippen MR) is 57.1 cm³/mol. The van der Waals surface area contributed by atoms with E-state index in [0.717, 1.165) is 13.0 Å². The maximum atomic E-state index is 9.19. The van der Waals surface area contributed by atoms with Crippen LogP contribution in [0, 0.1) is 11.8 Å². The first-order chi connectivity index (χ1) is 6.74. The van der Waals surface area contributed by atoms with Crippen LogP contribution in [0.25, 0.3) is 0 Å². The van der Waals surface area contributed by atoms with Gasteiger partial charge in [-0.3, -0.25) is 0 Å². The van der Waals surface area contributed by atoms with E-state index in [1.165, 1.54) is 19.3 Å². The maximum absolute atomic E-state index is 9.19. The molecule has 1 rings (SSSR count). The second-order valence-electron chi connectivity index (χ2n) is 4.49. The maximum Gasteiger partial charge on any atom is 0.0636 e. The Morgan fingerprint density at radius 2 is 1.93 bits per heavy atom. The minimum atomic E-state index is -0.272. The van der Waals surface area contributed by atoms with Crippen molar-refractivity contribution in [1.82, 2.24) is 5.32 Å². The molecule has 0 amide bonds. The Balaban J connectivity index is 2.19. The molecule has 0 bridgehead atoms. The number of rotatable bonds is 5. The van der Waals surface area contributed by atoms with Crippen molar-refractivity contribution in [2.75, 3.05) is 19.7 Å². The Labute approximate surface area is 86.5 Å². The summed E-state index contributed by atoms with van der Waals surface area (Å²) in [4.78, 5) is 0. The minimum absolute atomic E-state index is 0.272. The van der Waals surface area contributed by atoms with Crippen LogP contribution < -0.4 is 5.32 Å². The average molecular weight is 201 g/mol. The lowest BCUT2D eigenvalue weighted by Crippen LogP contribution is -2.35. The molecule has 0 aliphatic heterocycles. The molecule has 84 valence electrons. The molecule has 0 saturated heterocycles. The van der Waals surface area contributed by atoms with Crippen LogP contribution in [-0.4, -0.2) is 36.0 Å². The summed E-state index contributed by atoms with van der Waals surface area (Å²) >= 11 is 0. The minimum Gasteiger partial charge on any atom is -0.396 e. The number of aliphatic hydroxyl groups excluding tert-OH is 2. The summed E-state index contributed by atoms with van der Waals surface area (Å²) in [6.45, 7) is 3.71. The van der Waals surface area contributed by atoms with Gasteiger partial charge in [0.2, 0.25) is 0 Å². The highest BCUT2D eigenvalue weighted by molar-refractivity contribution is 4.76. The molecule has 0 aromatic rings. The first kappa shape index (κ1) is 12.0.